The molecule has 0 amide bonds. The summed E-state index contributed by atoms with van der Waals surface area (Å²) >= 11 is 0. The van der Waals surface area contributed by atoms with Crippen LogP contribution in [0.1, 0.15) is 30.4 Å². The maximum atomic E-state index is 12.8. The number of carbonyl (C=O) groups excluding carboxylic acids is 1. The first-order valence-corrected chi connectivity index (χ1v) is 9.54. The van der Waals surface area contributed by atoms with Gasteiger partial charge >= 0.3 is 0 Å². The van der Waals surface area contributed by atoms with Crippen LogP contribution in [-0.2, 0) is 16.6 Å². The standard InChI is InChI=1S/C21H25NO4.HI/c1-4-8-22(2)9-7-21-13-5-6-15(23)20(21)26-19-16(24)11-17(25-3)12(18(19)21)10-14(13)22;/h4,11,13-14,20H,1,5-10H2,2-3H3;1H/t13-,14+,20-,21-,22?;/m0./s1. The predicted octanol–water partition coefficient (Wildman–Crippen LogP) is -0.656. The van der Waals surface area contributed by atoms with Crippen LogP contribution in [0, 0.1) is 5.92 Å². The first-order chi connectivity index (χ1) is 12.5. The lowest BCUT2D eigenvalue weighted by Gasteiger charge is -2.60. The molecule has 2 aliphatic carbocycles. The number of halogens is 1. The van der Waals surface area contributed by atoms with Gasteiger partial charge < -0.3 is 43.0 Å². The Morgan fingerprint density at radius 2 is 2.30 bits per heavy atom. The van der Waals surface area contributed by atoms with Crippen molar-refractivity contribution in [2.45, 2.75) is 43.2 Å². The SMILES string of the molecule is C=CC[N+]1(C)CC[C@]23c4c5c(OC)cc(O)c4O[C@H]2C(=O)CC[C@H]3[C@H]1C5.[I-]. The highest BCUT2D eigenvalue weighted by Gasteiger charge is 2.69. The number of aromatic hydroxyl groups is 1. The van der Waals surface area contributed by atoms with Crippen molar-refractivity contribution in [2.24, 2.45) is 5.92 Å². The summed E-state index contributed by atoms with van der Waals surface area (Å²) in [6.45, 7) is 5.91. The summed E-state index contributed by atoms with van der Waals surface area (Å²) < 4.78 is 12.8. The fourth-order valence-corrected chi connectivity index (χ4v) is 6.55. The second-order valence-corrected chi connectivity index (χ2v) is 8.63. The number of likely N-dealkylation sites (N-methyl/N-ethyl adjacent to an activating group) is 1. The summed E-state index contributed by atoms with van der Waals surface area (Å²) in [6, 6.07) is 2.07. The van der Waals surface area contributed by atoms with Crippen molar-refractivity contribution in [3.63, 3.8) is 0 Å². The van der Waals surface area contributed by atoms with Gasteiger partial charge in [-0.2, -0.15) is 0 Å². The maximum absolute atomic E-state index is 12.8. The lowest BCUT2D eigenvalue weighted by atomic mass is 9.51. The number of phenolic OH excluding ortho intramolecular Hbond substituents is 1. The smallest absolute Gasteiger partial charge is 0.174 e. The Bertz CT molecular complexity index is 840. The van der Waals surface area contributed by atoms with Crippen molar-refractivity contribution in [3.8, 4) is 17.2 Å². The topological polar surface area (TPSA) is 55.8 Å². The molecular weight excluding hydrogens is 457 g/mol. The number of ether oxygens (including phenoxy) is 2. The van der Waals surface area contributed by atoms with Crippen molar-refractivity contribution in [1.82, 2.24) is 0 Å². The number of piperidine rings is 1. The van der Waals surface area contributed by atoms with Crippen LogP contribution in [0.5, 0.6) is 17.2 Å². The number of quaternary nitrogens is 1. The quantitative estimate of drug-likeness (QED) is 0.353. The summed E-state index contributed by atoms with van der Waals surface area (Å²) in [7, 11) is 3.97. The minimum absolute atomic E-state index is 0. The molecule has 2 aliphatic heterocycles. The van der Waals surface area contributed by atoms with Gasteiger partial charge in [0.1, 0.15) is 5.75 Å². The van der Waals surface area contributed by atoms with E-state index in [9.17, 15) is 9.90 Å². The number of carbonyl (C=O) groups is 1. The van der Waals surface area contributed by atoms with Crippen molar-refractivity contribution in [1.29, 1.82) is 0 Å². The van der Waals surface area contributed by atoms with Gasteiger partial charge in [-0.3, -0.25) is 4.79 Å². The molecule has 4 aliphatic rings. The van der Waals surface area contributed by atoms with E-state index in [4.69, 9.17) is 9.47 Å². The van der Waals surface area contributed by atoms with Gasteiger partial charge in [0.15, 0.2) is 23.4 Å². The zero-order valence-corrected chi connectivity index (χ0v) is 18.0. The summed E-state index contributed by atoms with van der Waals surface area (Å²) in [4.78, 5) is 12.8. The second-order valence-electron chi connectivity index (χ2n) is 8.63. The molecule has 5 rings (SSSR count). The third-order valence-corrected chi connectivity index (χ3v) is 7.63. The van der Waals surface area contributed by atoms with E-state index in [1.54, 1.807) is 13.2 Å². The molecule has 1 aromatic rings. The Balaban J connectivity index is 0.00000180. The van der Waals surface area contributed by atoms with Gasteiger partial charge in [-0.25, -0.2) is 0 Å². The molecule has 2 bridgehead atoms. The normalized spacial score (nSPS) is 37.7. The number of rotatable bonds is 3. The lowest BCUT2D eigenvalue weighted by Crippen LogP contribution is -3.00. The van der Waals surface area contributed by atoms with E-state index in [0.29, 0.717) is 24.1 Å². The number of phenols is 1. The molecule has 1 aromatic carbocycles. The number of methoxy groups -OCH3 is 1. The molecule has 0 aromatic heterocycles. The molecule has 5 nitrogen and oxygen atoms in total. The number of nitrogens with zero attached hydrogens (tertiary/aromatic N) is 1. The molecular formula is C21H26INO4. The average molecular weight is 483 g/mol. The van der Waals surface area contributed by atoms with Crippen LogP contribution in [0.2, 0.25) is 0 Å². The molecule has 1 saturated carbocycles. The summed E-state index contributed by atoms with van der Waals surface area (Å²) in [5.41, 5.74) is 1.90. The van der Waals surface area contributed by atoms with Gasteiger partial charge in [-0.05, 0) is 12.5 Å². The van der Waals surface area contributed by atoms with E-state index >= 15 is 0 Å². The van der Waals surface area contributed by atoms with Crippen LogP contribution < -0.4 is 33.5 Å². The molecule has 27 heavy (non-hydrogen) atoms. The molecule has 6 heteroatoms. The van der Waals surface area contributed by atoms with E-state index in [-0.39, 0.29) is 40.9 Å². The minimum atomic E-state index is -0.451. The molecule has 2 fully saturated rings. The third kappa shape index (κ3) is 2.17. The molecule has 1 unspecified atom stereocenters. The monoisotopic (exact) mass is 483 g/mol. The van der Waals surface area contributed by atoms with Gasteiger partial charge in [0.05, 0.1) is 38.7 Å². The number of Topliss-reactive ketones (excluding diaryl/α,β-unsaturated/α-hetero) is 1. The highest BCUT2D eigenvalue weighted by Crippen LogP contribution is 2.65. The van der Waals surface area contributed by atoms with E-state index in [0.717, 1.165) is 53.7 Å². The second kappa shape index (κ2) is 6.11. The molecule has 146 valence electrons. The molecule has 1 N–H and O–H groups in total. The fourth-order valence-electron chi connectivity index (χ4n) is 6.55. The first kappa shape index (κ1) is 19.1. The van der Waals surface area contributed by atoms with Crippen LogP contribution in [0.25, 0.3) is 0 Å². The number of hydrogen-bond acceptors (Lipinski definition) is 4. The Morgan fingerprint density at radius 1 is 1.52 bits per heavy atom. The highest BCUT2D eigenvalue weighted by atomic mass is 127. The van der Waals surface area contributed by atoms with Crippen LogP contribution in [0.15, 0.2) is 18.7 Å². The van der Waals surface area contributed by atoms with Crippen molar-refractivity contribution in [3.05, 3.63) is 29.8 Å². The van der Waals surface area contributed by atoms with Gasteiger partial charge in [0.2, 0.25) is 0 Å². The molecule has 2 heterocycles. The Morgan fingerprint density at radius 3 is 3.00 bits per heavy atom. The molecule has 0 radical (unpaired) electrons. The van der Waals surface area contributed by atoms with Crippen LogP contribution in [-0.4, -0.2) is 54.8 Å². The van der Waals surface area contributed by atoms with Crippen LogP contribution in [0.3, 0.4) is 0 Å². The first-order valence-electron chi connectivity index (χ1n) is 9.54. The molecule has 1 spiro atoms. The van der Waals surface area contributed by atoms with Gasteiger partial charge in [0, 0.05) is 42.4 Å². The van der Waals surface area contributed by atoms with E-state index in [2.05, 4.69) is 13.6 Å². The third-order valence-electron chi connectivity index (χ3n) is 7.63. The van der Waals surface area contributed by atoms with E-state index in [1.165, 1.54) is 0 Å². The average Bonchev–Trinajstić information content (AvgIpc) is 2.97. The van der Waals surface area contributed by atoms with E-state index < -0.39 is 6.10 Å². The van der Waals surface area contributed by atoms with Crippen molar-refractivity contribution in [2.75, 3.05) is 27.2 Å². The maximum Gasteiger partial charge on any atom is 0.174 e. The number of hydrogen-bond donors (Lipinski definition) is 1. The van der Waals surface area contributed by atoms with E-state index in [1.807, 2.05) is 6.08 Å². The largest absolute Gasteiger partial charge is 1.00 e. The number of benzene rings is 1. The Labute approximate surface area is 176 Å². The minimum Gasteiger partial charge on any atom is -1.00 e. The van der Waals surface area contributed by atoms with Crippen LogP contribution >= 0.6 is 0 Å². The van der Waals surface area contributed by atoms with Crippen LogP contribution in [0.4, 0.5) is 0 Å². The van der Waals surface area contributed by atoms with Gasteiger partial charge in [0.25, 0.3) is 0 Å². The molecule has 1 saturated heterocycles. The van der Waals surface area contributed by atoms with Crippen molar-refractivity contribution >= 4 is 5.78 Å². The van der Waals surface area contributed by atoms with Gasteiger partial charge in [-0.1, -0.05) is 6.58 Å². The Hall–Kier alpha value is -1.28. The highest BCUT2D eigenvalue weighted by molar-refractivity contribution is 5.89. The predicted molar refractivity (Wildman–Crippen MR) is 96.7 cm³/mol. The Kier molecular flexibility index (Phi) is 4.31. The lowest BCUT2D eigenvalue weighted by molar-refractivity contribution is -0.939. The molecule has 5 atom stereocenters. The summed E-state index contributed by atoms with van der Waals surface area (Å²) in [5, 5.41) is 10.6. The number of likely N-dealkylation sites (tertiary alicyclic amines) is 1. The van der Waals surface area contributed by atoms with Crippen molar-refractivity contribution < 1.29 is 47.8 Å². The summed E-state index contributed by atoms with van der Waals surface area (Å²) in [5.74, 6) is 1.93. The summed E-state index contributed by atoms with van der Waals surface area (Å²) in [6.07, 6.45) is 4.85. The zero-order chi connectivity index (χ0) is 18.3. The zero-order valence-electron chi connectivity index (χ0n) is 15.8. The fraction of sp³-hybridized carbons (Fsp3) is 0.571. The number of ketones is 1. The van der Waals surface area contributed by atoms with Gasteiger partial charge in [-0.15, -0.1) is 0 Å².